The van der Waals surface area contributed by atoms with Gasteiger partial charge in [0.2, 0.25) is 0 Å². The lowest BCUT2D eigenvalue weighted by Gasteiger charge is -2.21. The zero-order valence-corrected chi connectivity index (χ0v) is 11.7. The summed E-state index contributed by atoms with van der Waals surface area (Å²) in [6.45, 7) is 3.95. The lowest BCUT2D eigenvalue weighted by molar-refractivity contribution is 0.164. The molecule has 1 unspecified atom stereocenters. The van der Waals surface area contributed by atoms with Crippen molar-refractivity contribution in [3.05, 3.63) is 30.3 Å². The number of hydrogen-bond donors (Lipinski definition) is 1. The highest BCUT2D eigenvalue weighted by molar-refractivity contribution is 7.85. The van der Waals surface area contributed by atoms with Crippen molar-refractivity contribution in [2.75, 3.05) is 12.9 Å². The number of ether oxygens (including phenoxy) is 1. The van der Waals surface area contributed by atoms with Gasteiger partial charge in [0.05, 0.1) is 17.9 Å². The number of carbonyl (C=O) groups excluding carboxylic acids is 1. The lowest BCUT2D eigenvalue weighted by atomic mass is 10.1. The standard InChI is InChI=1S/C13H19NO3S/c1-10(2)12(14-13(15)17-3)9-18(16)11-7-5-4-6-8-11/h4-8,10,12H,9H2,1-3H3,(H,14,15)/t12-,18?/m0/s1. The van der Waals surface area contributed by atoms with Gasteiger partial charge in [-0.05, 0) is 18.1 Å². The molecule has 0 aliphatic heterocycles. The first-order chi connectivity index (χ1) is 8.54. The lowest BCUT2D eigenvalue weighted by Crippen LogP contribution is -2.42. The molecule has 0 spiro atoms. The van der Waals surface area contributed by atoms with E-state index in [1.54, 1.807) is 0 Å². The Kier molecular flexibility index (Phi) is 5.85. The van der Waals surface area contributed by atoms with Crippen LogP contribution in [-0.4, -0.2) is 29.2 Å². The molecule has 0 radical (unpaired) electrons. The Balaban J connectivity index is 2.67. The second-order valence-electron chi connectivity index (χ2n) is 4.31. The molecule has 100 valence electrons. The number of carbonyl (C=O) groups is 1. The normalized spacial score (nSPS) is 14.0. The van der Waals surface area contributed by atoms with Crippen LogP contribution in [0.3, 0.4) is 0 Å². The number of amides is 1. The monoisotopic (exact) mass is 269 g/mol. The predicted molar refractivity (Wildman–Crippen MR) is 71.9 cm³/mol. The van der Waals surface area contributed by atoms with Gasteiger partial charge in [0, 0.05) is 16.7 Å². The Bertz CT molecular complexity index is 406. The summed E-state index contributed by atoms with van der Waals surface area (Å²) in [5.41, 5.74) is 0. The van der Waals surface area contributed by atoms with E-state index in [9.17, 15) is 9.00 Å². The molecule has 4 nitrogen and oxygen atoms in total. The molecule has 0 aromatic heterocycles. The minimum absolute atomic E-state index is 0.168. The van der Waals surface area contributed by atoms with Gasteiger partial charge in [0.25, 0.3) is 0 Å². The Morgan fingerprint density at radius 3 is 2.44 bits per heavy atom. The Morgan fingerprint density at radius 1 is 1.33 bits per heavy atom. The SMILES string of the molecule is COC(=O)N[C@@H](CS(=O)c1ccccc1)C(C)C. The second-order valence-corrected chi connectivity index (χ2v) is 5.81. The predicted octanol–water partition coefficient (Wildman–Crippen LogP) is 2.17. The van der Waals surface area contributed by atoms with Crippen molar-refractivity contribution in [1.29, 1.82) is 0 Å². The zero-order valence-electron chi connectivity index (χ0n) is 10.9. The molecule has 18 heavy (non-hydrogen) atoms. The third-order valence-corrected chi connectivity index (χ3v) is 4.09. The van der Waals surface area contributed by atoms with E-state index in [1.807, 2.05) is 44.2 Å². The highest BCUT2D eigenvalue weighted by Crippen LogP contribution is 2.11. The maximum Gasteiger partial charge on any atom is 0.407 e. The highest BCUT2D eigenvalue weighted by atomic mass is 32.2. The summed E-state index contributed by atoms with van der Waals surface area (Å²) in [6, 6.07) is 9.07. The quantitative estimate of drug-likeness (QED) is 0.891. The zero-order chi connectivity index (χ0) is 13.5. The van der Waals surface area contributed by atoms with E-state index in [0.29, 0.717) is 5.75 Å². The molecule has 0 heterocycles. The van der Waals surface area contributed by atoms with Crippen LogP contribution in [0.2, 0.25) is 0 Å². The number of alkyl carbamates (subject to hydrolysis) is 1. The summed E-state index contributed by atoms with van der Waals surface area (Å²) in [5, 5.41) is 2.71. The van der Waals surface area contributed by atoms with Gasteiger partial charge >= 0.3 is 6.09 Å². The van der Waals surface area contributed by atoms with E-state index >= 15 is 0 Å². The Morgan fingerprint density at radius 2 is 1.94 bits per heavy atom. The molecule has 0 aliphatic rings. The first-order valence-corrected chi connectivity index (χ1v) is 7.14. The number of nitrogens with one attached hydrogen (secondary N) is 1. The van der Waals surface area contributed by atoms with Gasteiger partial charge in [-0.25, -0.2) is 4.79 Å². The summed E-state index contributed by atoms with van der Waals surface area (Å²) < 4.78 is 16.7. The van der Waals surface area contributed by atoms with Crippen LogP contribution in [-0.2, 0) is 15.5 Å². The van der Waals surface area contributed by atoms with E-state index in [0.717, 1.165) is 4.90 Å². The maximum absolute atomic E-state index is 12.1. The summed E-state index contributed by atoms with van der Waals surface area (Å²) in [4.78, 5) is 12.0. The molecule has 1 rings (SSSR count). The van der Waals surface area contributed by atoms with Crippen LogP contribution in [0.15, 0.2) is 35.2 Å². The fourth-order valence-corrected chi connectivity index (χ4v) is 2.89. The van der Waals surface area contributed by atoms with Gasteiger partial charge in [-0.3, -0.25) is 4.21 Å². The average molecular weight is 269 g/mol. The number of benzene rings is 1. The Labute approximate surface area is 110 Å². The number of methoxy groups -OCH3 is 1. The summed E-state index contributed by atoms with van der Waals surface area (Å²) >= 11 is 0. The fourth-order valence-electron chi connectivity index (χ4n) is 1.44. The van der Waals surface area contributed by atoms with Crippen molar-refractivity contribution in [1.82, 2.24) is 5.32 Å². The summed E-state index contributed by atoms with van der Waals surface area (Å²) in [5.74, 6) is 0.577. The van der Waals surface area contributed by atoms with Crippen LogP contribution in [0.25, 0.3) is 0 Å². The first kappa shape index (κ1) is 14.7. The number of rotatable bonds is 5. The minimum atomic E-state index is -1.12. The highest BCUT2D eigenvalue weighted by Gasteiger charge is 2.19. The van der Waals surface area contributed by atoms with Crippen LogP contribution in [0.1, 0.15) is 13.8 Å². The molecule has 5 heteroatoms. The number of hydrogen-bond acceptors (Lipinski definition) is 3. The molecule has 0 fully saturated rings. The van der Waals surface area contributed by atoms with E-state index in [4.69, 9.17) is 0 Å². The van der Waals surface area contributed by atoms with Crippen molar-refractivity contribution in [3.63, 3.8) is 0 Å². The van der Waals surface area contributed by atoms with Gasteiger partial charge in [-0.2, -0.15) is 0 Å². The molecule has 1 aromatic rings. The topological polar surface area (TPSA) is 55.4 Å². The molecule has 1 N–H and O–H groups in total. The van der Waals surface area contributed by atoms with Crippen molar-refractivity contribution in [2.24, 2.45) is 5.92 Å². The second kappa shape index (κ2) is 7.16. The van der Waals surface area contributed by atoms with Gasteiger partial charge < -0.3 is 10.1 Å². The fraction of sp³-hybridized carbons (Fsp3) is 0.462. The molecule has 0 bridgehead atoms. The third-order valence-electron chi connectivity index (χ3n) is 2.63. The van der Waals surface area contributed by atoms with Gasteiger partial charge in [-0.1, -0.05) is 32.0 Å². The van der Waals surface area contributed by atoms with Crippen molar-refractivity contribution in [2.45, 2.75) is 24.8 Å². The van der Waals surface area contributed by atoms with E-state index in [-0.39, 0.29) is 12.0 Å². The molecule has 1 amide bonds. The van der Waals surface area contributed by atoms with E-state index < -0.39 is 16.9 Å². The summed E-state index contributed by atoms with van der Waals surface area (Å²) in [6.07, 6.45) is -0.487. The molecular formula is C13H19NO3S. The molecular weight excluding hydrogens is 250 g/mol. The molecule has 0 aliphatic carbocycles. The molecule has 2 atom stereocenters. The van der Waals surface area contributed by atoms with Crippen LogP contribution in [0, 0.1) is 5.92 Å². The van der Waals surface area contributed by atoms with Crippen LogP contribution >= 0.6 is 0 Å². The van der Waals surface area contributed by atoms with Crippen molar-refractivity contribution >= 4 is 16.9 Å². The average Bonchev–Trinajstić information content (AvgIpc) is 2.38. The van der Waals surface area contributed by atoms with Crippen molar-refractivity contribution < 1.29 is 13.7 Å². The Hall–Kier alpha value is -1.36. The summed E-state index contributed by atoms with van der Waals surface area (Å²) in [7, 11) is 0.198. The maximum atomic E-state index is 12.1. The van der Waals surface area contributed by atoms with Gasteiger partial charge in [-0.15, -0.1) is 0 Å². The molecule has 1 aromatic carbocycles. The smallest absolute Gasteiger partial charge is 0.407 e. The van der Waals surface area contributed by atoms with Crippen LogP contribution in [0.4, 0.5) is 4.79 Å². The minimum Gasteiger partial charge on any atom is -0.453 e. The van der Waals surface area contributed by atoms with E-state index in [1.165, 1.54) is 7.11 Å². The van der Waals surface area contributed by atoms with Gasteiger partial charge in [0.15, 0.2) is 0 Å². The van der Waals surface area contributed by atoms with Crippen LogP contribution in [0.5, 0.6) is 0 Å². The molecule has 0 saturated carbocycles. The third kappa shape index (κ3) is 4.49. The largest absolute Gasteiger partial charge is 0.453 e. The van der Waals surface area contributed by atoms with Gasteiger partial charge in [0.1, 0.15) is 0 Å². The van der Waals surface area contributed by atoms with Crippen molar-refractivity contribution in [3.8, 4) is 0 Å². The first-order valence-electron chi connectivity index (χ1n) is 5.82. The van der Waals surface area contributed by atoms with E-state index in [2.05, 4.69) is 10.1 Å². The molecule has 0 saturated heterocycles. The van der Waals surface area contributed by atoms with Crippen LogP contribution < -0.4 is 5.32 Å².